The quantitative estimate of drug-likeness (QED) is 0.866. The number of halogens is 1. The van der Waals surface area contributed by atoms with Gasteiger partial charge in [0.25, 0.3) is 0 Å². The standard InChI is InChI=1S/C8H12BrN3/c1-3-4-10-8-7(9)5-11-6(2)12-8/h5H,3-4H2,1-2H3,(H,10,11,12). The van der Waals surface area contributed by atoms with Crippen LogP contribution in [-0.4, -0.2) is 16.5 Å². The zero-order valence-corrected chi connectivity index (χ0v) is 8.85. The molecule has 0 atom stereocenters. The monoisotopic (exact) mass is 229 g/mol. The maximum Gasteiger partial charge on any atom is 0.144 e. The lowest BCUT2D eigenvalue weighted by Gasteiger charge is -2.05. The minimum Gasteiger partial charge on any atom is -0.369 e. The minimum atomic E-state index is 0.789. The number of aromatic nitrogens is 2. The SMILES string of the molecule is CCCNc1nc(C)ncc1Br. The molecule has 3 nitrogen and oxygen atoms in total. The Labute approximate surface area is 80.7 Å². The highest BCUT2D eigenvalue weighted by molar-refractivity contribution is 9.10. The third kappa shape index (κ3) is 2.44. The molecule has 0 aliphatic rings. The zero-order valence-electron chi connectivity index (χ0n) is 7.26. The highest BCUT2D eigenvalue weighted by Crippen LogP contribution is 2.17. The maximum atomic E-state index is 4.24. The molecule has 0 aliphatic carbocycles. The summed E-state index contributed by atoms with van der Waals surface area (Å²) in [5.74, 6) is 1.67. The fourth-order valence-corrected chi connectivity index (χ4v) is 1.15. The molecule has 66 valence electrons. The summed E-state index contributed by atoms with van der Waals surface area (Å²) in [6.07, 6.45) is 2.86. The average Bonchev–Trinajstić information content (AvgIpc) is 2.07. The predicted molar refractivity (Wildman–Crippen MR) is 53.2 cm³/mol. The van der Waals surface area contributed by atoms with Gasteiger partial charge in [0.1, 0.15) is 11.6 Å². The van der Waals surface area contributed by atoms with E-state index in [1.54, 1.807) is 6.20 Å². The highest BCUT2D eigenvalue weighted by atomic mass is 79.9. The molecular weight excluding hydrogens is 218 g/mol. The van der Waals surface area contributed by atoms with Gasteiger partial charge in [-0.1, -0.05) is 6.92 Å². The van der Waals surface area contributed by atoms with Crippen LogP contribution in [0.4, 0.5) is 5.82 Å². The molecule has 12 heavy (non-hydrogen) atoms. The fourth-order valence-electron chi connectivity index (χ4n) is 0.823. The van der Waals surface area contributed by atoms with Crippen molar-refractivity contribution in [3.05, 3.63) is 16.5 Å². The van der Waals surface area contributed by atoms with E-state index < -0.39 is 0 Å². The van der Waals surface area contributed by atoms with Gasteiger partial charge in [0.05, 0.1) is 4.47 Å². The molecule has 0 bridgehead atoms. The van der Waals surface area contributed by atoms with E-state index in [1.807, 2.05) is 6.92 Å². The molecule has 0 saturated carbocycles. The van der Waals surface area contributed by atoms with Crippen molar-refractivity contribution in [1.82, 2.24) is 9.97 Å². The van der Waals surface area contributed by atoms with E-state index in [0.29, 0.717) is 0 Å². The number of hydrogen-bond donors (Lipinski definition) is 1. The summed E-state index contributed by atoms with van der Waals surface area (Å²) in [7, 11) is 0. The molecular formula is C8H12BrN3. The molecule has 0 aliphatic heterocycles. The van der Waals surface area contributed by atoms with Crippen LogP contribution in [0.2, 0.25) is 0 Å². The first-order valence-corrected chi connectivity index (χ1v) is 4.76. The number of aryl methyl sites for hydroxylation is 1. The number of anilines is 1. The van der Waals surface area contributed by atoms with Crippen LogP contribution in [0.5, 0.6) is 0 Å². The van der Waals surface area contributed by atoms with E-state index in [4.69, 9.17) is 0 Å². The summed E-state index contributed by atoms with van der Waals surface area (Å²) >= 11 is 3.37. The molecule has 1 aromatic rings. The molecule has 4 heteroatoms. The van der Waals surface area contributed by atoms with Crippen molar-refractivity contribution in [1.29, 1.82) is 0 Å². The summed E-state index contributed by atoms with van der Waals surface area (Å²) < 4.78 is 0.918. The second-order valence-electron chi connectivity index (χ2n) is 2.54. The molecule has 0 amide bonds. The van der Waals surface area contributed by atoms with Gasteiger partial charge < -0.3 is 5.32 Å². The molecule has 0 aromatic carbocycles. The molecule has 0 spiro atoms. The fraction of sp³-hybridized carbons (Fsp3) is 0.500. The predicted octanol–water partition coefficient (Wildman–Crippen LogP) is 2.37. The van der Waals surface area contributed by atoms with E-state index in [9.17, 15) is 0 Å². The van der Waals surface area contributed by atoms with Gasteiger partial charge in [0.2, 0.25) is 0 Å². The van der Waals surface area contributed by atoms with Crippen molar-refractivity contribution in [2.75, 3.05) is 11.9 Å². The zero-order chi connectivity index (χ0) is 8.97. The van der Waals surface area contributed by atoms with Gasteiger partial charge in [-0.05, 0) is 29.3 Å². The molecule has 0 saturated heterocycles. The van der Waals surface area contributed by atoms with Crippen LogP contribution in [-0.2, 0) is 0 Å². The van der Waals surface area contributed by atoms with E-state index in [1.165, 1.54) is 0 Å². The minimum absolute atomic E-state index is 0.789. The van der Waals surface area contributed by atoms with E-state index in [0.717, 1.165) is 29.1 Å². The average molecular weight is 230 g/mol. The van der Waals surface area contributed by atoms with Crippen LogP contribution in [0.1, 0.15) is 19.2 Å². The van der Waals surface area contributed by atoms with Gasteiger partial charge in [-0.2, -0.15) is 0 Å². The lowest BCUT2D eigenvalue weighted by molar-refractivity contribution is 0.950. The summed E-state index contributed by atoms with van der Waals surface area (Å²) in [4.78, 5) is 8.29. The third-order valence-electron chi connectivity index (χ3n) is 1.41. The Morgan fingerprint density at radius 2 is 2.33 bits per heavy atom. The Morgan fingerprint density at radius 1 is 1.58 bits per heavy atom. The Bertz CT molecular complexity index is 262. The molecule has 0 radical (unpaired) electrons. The van der Waals surface area contributed by atoms with Gasteiger partial charge >= 0.3 is 0 Å². The molecule has 1 N–H and O–H groups in total. The van der Waals surface area contributed by atoms with E-state index >= 15 is 0 Å². The first kappa shape index (κ1) is 9.45. The Morgan fingerprint density at radius 3 is 3.00 bits per heavy atom. The topological polar surface area (TPSA) is 37.8 Å². The number of rotatable bonds is 3. The smallest absolute Gasteiger partial charge is 0.144 e. The maximum absolute atomic E-state index is 4.24. The molecule has 1 heterocycles. The Hall–Kier alpha value is -0.640. The Balaban J connectivity index is 2.75. The largest absolute Gasteiger partial charge is 0.369 e. The normalized spacial score (nSPS) is 9.92. The van der Waals surface area contributed by atoms with E-state index in [-0.39, 0.29) is 0 Å². The molecule has 0 fully saturated rings. The van der Waals surface area contributed by atoms with Crippen molar-refractivity contribution >= 4 is 21.7 Å². The van der Waals surface area contributed by atoms with Gasteiger partial charge in [0.15, 0.2) is 0 Å². The highest BCUT2D eigenvalue weighted by Gasteiger charge is 2.00. The van der Waals surface area contributed by atoms with Crippen LogP contribution in [0, 0.1) is 6.92 Å². The summed E-state index contributed by atoms with van der Waals surface area (Å²) in [5.41, 5.74) is 0. The van der Waals surface area contributed by atoms with Crippen LogP contribution in [0.15, 0.2) is 10.7 Å². The number of nitrogens with one attached hydrogen (secondary N) is 1. The van der Waals surface area contributed by atoms with Crippen LogP contribution in [0.25, 0.3) is 0 Å². The second kappa shape index (κ2) is 4.40. The van der Waals surface area contributed by atoms with Gasteiger partial charge in [-0.15, -0.1) is 0 Å². The van der Waals surface area contributed by atoms with Gasteiger partial charge in [0, 0.05) is 12.7 Å². The molecule has 0 unspecified atom stereocenters. The van der Waals surface area contributed by atoms with Crippen LogP contribution < -0.4 is 5.32 Å². The van der Waals surface area contributed by atoms with Crippen molar-refractivity contribution in [3.8, 4) is 0 Å². The summed E-state index contributed by atoms with van der Waals surface area (Å²) in [6, 6.07) is 0. The van der Waals surface area contributed by atoms with Crippen molar-refractivity contribution < 1.29 is 0 Å². The lowest BCUT2D eigenvalue weighted by Crippen LogP contribution is -2.04. The van der Waals surface area contributed by atoms with Gasteiger partial charge in [-0.25, -0.2) is 9.97 Å². The van der Waals surface area contributed by atoms with Crippen molar-refractivity contribution in [2.45, 2.75) is 20.3 Å². The van der Waals surface area contributed by atoms with Gasteiger partial charge in [-0.3, -0.25) is 0 Å². The van der Waals surface area contributed by atoms with E-state index in [2.05, 4.69) is 38.1 Å². The van der Waals surface area contributed by atoms with Crippen molar-refractivity contribution in [3.63, 3.8) is 0 Å². The van der Waals surface area contributed by atoms with Crippen LogP contribution in [0.3, 0.4) is 0 Å². The number of hydrogen-bond acceptors (Lipinski definition) is 3. The summed E-state index contributed by atoms with van der Waals surface area (Å²) in [5, 5.41) is 3.21. The lowest BCUT2D eigenvalue weighted by atomic mass is 10.4. The van der Waals surface area contributed by atoms with Crippen LogP contribution >= 0.6 is 15.9 Å². The summed E-state index contributed by atoms with van der Waals surface area (Å²) in [6.45, 7) is 4.94. The number of nitrogens with zero attached hydrogens (tertiary/aromatic N) is 2. The first-order valence-electron chi connectivity index (χ1n) is 3.97. The third-order valence-corrected chi connectivity index (χ3v) is 1.99. The van der Waals surface area contributed by atoms with Crippen molar-refractivity contribution in [2.24, 2.45) is 0 Å². The molecule has 1 aromatic heterocycles. The molecule has 1 rings (SSSR count). The Kier molecular flexibility index (Phi) is 3.47. The second-order valence-corrected chi connectivity index (χ2v) is 3.39. The first-order chi connectivity index (χ1) is 5.74.